The molecule has 2 aliphatic rings. The van der Waals surface area contributed by atoms with Crippen molar-refractivity contribution in [3.8, 4) is 5.75 Å². The fourth-order valence-electron chi connectivity index (χ4n) is 4.16. The maximum absolute atomic E-state index is 13.2. The molecule has 0 bridgehead atoms. The number of imide groups is 1. The molecule has 0 aliphatic carbocycles. The van der Waals surface area contributed by atoms with E-state index in [9.17, 15) is 18.0 Å². The van der Waals surface area contributed by atoms with Gasteiger partial charge < -0.3 is 14.8 Å². The highest BCUT2D eigenvalue weighted by Crippen LogP contribution is 2.28. The van der Waals surface area contributed by atoms with Gasteiger partial charge in [0.15, 0.2) is 0 Å². The Balaban J connectivity index is 1.53. The van der Waals surface area contributed by atoms with E-state index in [0.29, 0.717) is 37.6 Å². The number of nitrogens with zero attached hydrogens (tertiary/aromatic N) is 2. The average molecular weight is 474 g/mol. The van der Waals surface area contributed by atoms with E-state index in [1.54, 1.807) is 32.2 Å². The fourth-order valence-corrected chi connectivity index (χ4v) is 5.64. The third kappa shape index (κ3) is 4.59. The highest BCUT2D eigenvalue weighted by molar-refractivity contribution is 7.89. The van der Waals surface area contributed by atoms with E-state index in [2.05, 4.69) is 5.32 Å². The minimum absolute atomic E-state index is 0.0291. The maximum Gasteiger partial charge on any atom is 0.325 e. The number of amides is 3. The van der Waals surface area contributed by atoms with E-state index < -0.39 is 21.6 Å². The van der Waals surface area contributed by atoms with Crippen molar-refractivity contribution in [1.82, 2.24) is 14.5 Å². The number of sulfonamides is 1. The van der Waals surface area contributed by atoms with Crippen LogP contribution in [0.2, 0.25) is 0 Å². The number of ether oxygens (including phenoxy) is 2. The SMILES string of the molecule is COc1ccccc1C[C@]1(C)NC(=O)N(Cc2cccc(S(=O)(=O)N3CCOCC3)c2)C1=O. The van der Waals surface area contributed by atoms with Crippen molar-refractivity contribution in [1.29, 1.82) is 0 Å². The van der Waals surface area contributed by atoms with E-state index in [-0.39, 0.29) is 23.8 Å². The van der Waals surface area contributed by atoms with Crippen LogP contribution in [0.5, 0.6) is 5.75 Å². The summed E-state index contributed by atoms with van der Waals surface area (Å²) in [4.78, 5) is 27.2. The Morgan fingerprint density at radius 3 is 2.55 bits per heavy atom. The second-order valence-corrected chi connectivity index (χ2v) is 10.2. The molecule has 0 unspecified atom stereocenters. The van der Waals surface area contributed by atoms with Crippen molar-refractivity contribution in [3.63, 3.8) is 0 Å². The molecule has 2 aliphatic heterocycles. The summed E-state index contributed by atoms with van der Waals surface area (Å²) in [5, 5.41) is 2.79. The Morgan fingerprint density at radius 2 is 1.82 bits per heavy atom. The summed E-state index contributed by atoms with van der Waals surface area (Å²) in [7, 11) is -2.12. The summed E-state index contributed by atoms with van der Waals surface area (Å²) in [5.74, 6) is 0.264. The van der Waals surface area contributed by atoms with Gasteiger partial charge in [-0.15, -0.1) is 0 Å². The molecule has 2 heterocycles. The first-order valence-corrected chi connectivity index (χ1v) is 12.1. The lowest BCUT2D eigenvalue weighted by atomic mass is 9.92. The van der Waals surface area contributed by atoms with Crippen LogP contribution in [-0.4, -0.2) is 68.5 Å². The number of hydrogen-bond donors (Lipinski definition) is 1. The van der Waals surface area contributed by atoms with Gasteiger partial charge in [0.2, 0.25) is 10.0 Å². The topological polar surface area (TPSA) is 105 Å². The number of hydrogen-bond acceptors (Lipinski definition) is 6. The van der Waals surface area contributed by atoms with Crippen molar-refractivity contribution in [2.24, 2.45) is 0 Å². The van der Waals surface area contributed by atoms with Crippen LogP contribution in [0.1, 0.15) is 18.1 Å². The van der Waals surface area contributed by atoms with Crippen molar-refractivity contribution in [3.05, 3.63) is 59.7 Å². The molecule has 1 atom stereocenters. The number of nitrogens with one attached hydrogen (secondary N) is 1. The number of rotatable bonds is 7. The summed E-state index contributed by atoms with van der Waals surface area (Å²) < 4.78 is 37.9. The second kappa shape index (κ2) is 9.12. The molecule has 3 amide bonds. The first-order valence-electron chi connectivity index (χ1n) is 10.7. The van der Waals surface area contributed by atoms with Crippen molar-refractivity contribution < 1.29 is 27.5 Å². The average Bonchev–Trinajstić information content (AvgIpc) is 3.03. The van der Waals surface area contributed by atoms with Crippen LogP contribution >= 0.6 is 0 Å². The van der Waals surface area contributed by atoms with Crippen LogP contribution in [0.25, 0.3) is 0 Å². The predicted octanol–water partition coefficient (Wildman–Crippen LogP) is 1.77. The maximum atomic E-state index is 13.2. The van der Waals surface area contributed by atoms with Gasteiger partial charge in [-0.3, -0.25) is 9.69 Å². The Morgan fingerprint density at radius 1 is 1.09 bits per heavy atom. The lowest BCUT2D eigenvalue weighted by Crippen LogP contribution is -2.46. The molecule has 176 valence electrons. The van der Waals surface area contributed by atoms with Crippen LogP contribution < -0.4 is 10.1 Å². The molecule has 0 spiro atoms. The minimum atomic E-state index is -3.68. The molecule has 0 aromatic heterocycles. The third-order valence-corrected chi connectivity index (χ3v) is 7.82. The number of morpholine rings is 1. The molecule has 10 heteroatoms. The predicted molar refractivity (Wildman–Crippen MR) is 120 cm³/mol. The molecule has 0 saturated carbocycles. The summed E-state index contributed by atoms with van der Waals surface area (Å²) in [5.41, 5.74) is 0.217. The van der Waals surface area contributed by atoms with Crippen LogP contribution in [0.3, 0.4) is 0 Å². The van der Waals surface area contributed by atoms with E-state index in [0.717, 1.165) is 10.5 Å². The quantitative estimate of drug-likeness (QED) is 0.615. The number of urea groups is 1. The zero-order valence-corrected chi connectivity index (χ0v) is 19.4. The summed E-state index contributed by atoms with van der Waals surface area (Å²) in [6, 6.07) is 13.2. The normalized spacial score (nSPS) is 21.8. The molecule has 4 rings (SSSR count). The number of carbonyl (C=O) groups is 2. The summed E-state index contributed by atoms with van der Waals surface area (Å²) in [6.45, 7) is 2.94. The Kier molecular flexibility index (Phi) is 6.42. The van der Waals surface area contributed by atoms with E-state index in [1.807, 2.05) is 18.2 Å². The van der Waals surface area contributed by atoms with Crippen LogP contribution in [0.4, 0.5) is 4.79 Å². The summed E-state index contributed by atoms with van der Waals surface area (Å²) >= 11 is 0. The highest BCUT2D eigenvalue weighted by Gasteiger charge is 2.48. The standard InChI is InChI=1S/C23H27N3O6S/c1-23(15-18-7-3-4-9-20(18)31-2)21(27)26(22(28)24-23)16-17-6-5-8-19(14-17)33(29,30)25-10-12-32-13-11-25/h3-9,14H,10-13,15-16H2,1-2H3,(H,24,28)/t23-/m0/s1. The summed E-state index contributed by atoms with van der Waals surface area (Å²) in [6.07, 6.45) is 0.267. The Hall–Kier alpha value is -2.95. The largest absolute Gasteiger partial charge is 0.496 e. The zero-order chi connectivity index (χ0) is 23.6. The number of para-hydroxylation sites is 1. The van der Waals surface area contributed by atoms with Crippen molar-refractivity contribution in [2.75, 3.05) is 33.4 Å². The van der Waals surface area contributed by atoms with Crippen LogP contribution in [-0.2, 0) is 32.5 Å². The van der Waals surface area contributed by atoms with E-state index in [1.165, 1.54) is 16.4 Å². The molecule has 0 radical (unpaired) electrons. The minimum Gasteiger partial charge on any atom is -0.496 e. The van der Waals surface area contributed by atoms with Crippen molar-refractivity contribution in [2.45, 2.75) is 30.3 Å². The van der Waals surface area contributed by atoms with Gasteiger partial charge in [0.05, 0.1) is 31.8 Å². The van der Waals surface area contributed by atoms with Gasteiger partial charge in [-0.05, 0) is 36.2 Å². The molecule has 1 N–H and O–H groups in total. The van der Waals surface area contributed by atoms with E-state index >= 15 is 0 Å². The van der Waals surface area contributed by atoms with E-state index in [4.69, 9.17) is 9.47 Å². The molecule has 2 fully saturated rings. The number of carbonyl (C=O) groups excluding carboxylic acids is 2. The van der Waals surface area contributed by atoms with Gasteiger partial charge in [-0.2, -0.15) is 4.31 Å². The van der Waals surface area contributed by atoms with Gasteiger partial charge in [-0.1, -0.05) is 30.3 Å². The zero-order valence-electron chi connectivity index (χ0n) is 18.6. The molecule has 33 heavy (non-hydrogen) atoms. The first kappa shape index (κ1) is 23.2. The molecule has 2 aromatic rings. The second-order valence-electron chi connectivity index (χ2n) is 8.31. The van der Waals surface area contributed by atoms with Crippen LogP contribution in [0, 0.1) is 0 Å². The highest BCUT2D eigenvalue weighted by atomic mass is 32.2. The lowest BCUT2D eigenvalue weighted by molar-refractivity contribution is -0.131. The van der Waals surface area contributed by atoms with Crippen LogP contribution in [0.15, 0.2) is 53.4 Å². The monoisotopic (exact) mass is 473 g/mol. The first-order chi connectivity index (χ1) is 15.7. The van der Waals surface area contributed by atoms with Gasteiger partial charge in [0.25, 0.3) is 5.91 Å². The lowest BCUT2D eigenvalue weighted by Gasteiger charge is -2.26. The molecule has 2 aromatic carbocycles. The third-order valence-electron chi connectivity index (χ3n) is 5.93. The van der Waals surface area contributed by atoms with Gasteiger partial charge in [0, 0.05) is 19.5 Å². The number of methoxy groups -OCH3 is 1. The van der Waals surface area contributed by atoms with Crippen molar-refractivity contribution >= 4 is 22.0 Å². The van der Waals surface area contributed by atoms with Gasteiger partial charge in [-0.25, -0.2) is 13.2 Å². The molecule has 2 saturated heterocycles. The van der Waals surface area contributed by atoms with Gasteiger partial charge in [0.1, 0.15) is 11.3 Å². The molecule has 9 nitrogen and oxygen atoms in total. The Bertz CT molecular complexity index is 1160. The fraction of sp³-hybridized carbons (Fsp3) is 0.391. The molecular formula is C23H27N3O6S. The molecular weight excluding hydrogens is 446 g/mol. The number of benzene rings is 2. The van der Waals surface area contributed by atoms with Gasteiger partial charge >= 0.3 is 6.03 Å². The Labute approximate surface area is 193 Å². The smallest absolute Gasteiger partial charge is 0.325 e.